The minimum Gasteiger partial charge on any atom is -0.352 e. The molecular weight excluding hydrogens is 268 g/mol. The molecule has 0 bridgehead atoms. The van der Waals surface area contributed by atoms with Gasteiger partial charge in [-0.05, 0) is 19.3 Å². The lowest BCUT2D eigenvalue weighted by Crippen LogP contribution is -2.30. The van der Waals surface area contributed by atoms with E-state index >= 15 is 0 Å². The molecule has 3 heterocycles. The Kier molecular flexibility index (Phi) is 3.73. The first-order valence-corrected chi connectivity index (χ1v) is 8.38. The number of nitrogens with one attached hydrogen (secondary N) is 1. The van der Waals surface area contributed by atoms with Crippen LogP contribution in [-0.4, -0.2) is 28.0 Å². The van der Waals surface area contributed by atoms with Crippen molar-refractivity contribution >= 4 is 22.1 Å². The molecular formula is C15H24N4S. The van der Waals surface area contributed by atoms with Gasteiger partial charge in [0.25, 0.3) is 0 Å². The summed E-state index contributed by atoms with van der Waals surface area (Å²) < 4.78 is 2.24. The van der Waals surface area contributed by atoms with Crippen molar-refractivity contribution in [3.63, 3.8) is 0 Å². The van der Waals surface area contributed by atoms with Crippen LogP contribution in [0.5, 0.6) is 0 Å². The molecule has 0 spiro atoms. The molecule has 2 aromatic rings. The fourth-order valence-corrected chi connectivity index (χ4v) is 3.84. The fraction of sp³-hybridized carbons (Fsp3) is 0.667. The highest BCUT2D eigenvalue weighted by atomic mass is 32.1. The largest absolute Gasteiger partial charge is 0.352 e. The standard InChI is InChI=1S/C15H24N4S/c1-10(2)16-8-13-14(17-15-18(13)5-6-20-15)19-9-11(3)7-12(19)4/h5-6,10-12,16H,7-9H2,1-4H3. The molecule has 1 saturated heterocycles. The number of hydrogen-bond donors (Lipinski definition) is 1. The topological polar surface area (TPSA) is 32.6 Å². The summed E-state index contributed by atoms with van der Waals surface area (Å²) in [5.41, 5.74) is 1.30. The van der Waals surface area contributed by atoms with Gasteiger partial charge in [0.1, 0.15) is 0 Å². The van der Waals surface area contributed by atoms with Gasteiger partial charge in [-0.1, -0.05) is 20.8 Å². The van der Waals surface area contributed by atoms with Crippen LogP contribution in [-0.2, 0) is 6.54 Å². The lowest BCUT2D eigenvalue weighted by molar-refractivity contribution is 0.578. The number of thiazole rings is 1. The van der Waals surface area contributed by atoms with E-state index in [9.17, 15) is 0 Å². The summed E-state index contributed by atoms with van der Waals surface area (Å²) in [7, 11) is 0. The lowest BCUT2D eigenvalue weighted by atomic mass is 10.1. The van der Waals surface area contributed by atoms with Crippen molar-refractivity contribution in [3.05, 3.63) is 17.3 Å². The van der Waals surface area contributed by atoms with Gasteiger partial charge < -0.3 is 10.2 Å². The van der Waals surface area contributed by atoms with E-state index in [4.69, 9.17) is 4.98 Å². The monoisotopic (exact) mass is 292 g/mol. The average Bonchev–Trinajstić information content (AvgIpc) is 3.00. The Bertz CT molecular complexity index is 586. The molecule has 5 heteroatoms. The van der Waals surface area contributed by atoms with E-state index < -0.39 is 0 Å². The third kappa shape index (κ3) is 2.44. The number of rotatable bonds is 4. The first kappa shape index (κ1) is 13.9. The van der Waals surface area contributed by atoms with Crippen molar-refractivity contribution < 1.29 is 0 Å². The molecule has 4 nitrogen and oxygen atoms in total. The Morgan fingerprint density at radius 1 is 1.45 bits per heavy atom. The number of anilines is 1. The molecule has 0 amide bonds. The number of imidazole rings is 1. The molecule has 3 rings (SSSR count). The Morgan fingerprint density at radius 3 is 2.90 bits per heavy atom. The second kappa shape index (κ2) is 5.37. The van der Waals surface area contributed by atoms with E-state index in [-0.39, 0.29) is 0 Å². The molecule has 2 unspecified atom stereocenters. The van der Waals surface area contributed by atoms with Crippen molar-refractivity contribution in [2.45, 2.75) is 52.7 Å². The lowest BCUT2D eigenvalue weighted by Gasteiger charge is -2.23. The molecule has 110 valence electrons. The zero-order chi connectivity index (χ0) is 14.3. The van der Waals surface area contributed by atoms with E-state index in [2.05, 4.69) is 53.9 Å². The number of nitrogens with zero attached hydrogens (tertiary/aromatic N) is 3. The number of hydrogen-bond acceptors (Lipinski definition) is 4. The quantitative estimate of drug-likeness (QED) is 0.939. The molecule has 1 aliphatic rings. The van der Waals surface area contributed by atoms with Crippen LogP contribution in [0.1, 0.15) is 39.8 Å². The van der Waals surface area contributed by atoms with Crippen LogP contribution in [0, 0.1) is 5.92 Å². The van der Waals surface area contributed by atoms with Gasteiger partial charge in [-0.3, -0.25) is 4.40 Å². The molecule has 0 radical (unpaired) electrons. The molecule has 20 heavy (non-hydrogen) atoms. The maximum Gasteiger partial charge on any atom is 0.195 e. The van der Waals surface area contributed by atoms with Gasteiger partial charge in [-0.2, -0.15) is 0 Å². The maximum absolute atomic E-state index is 4.88. The van der Waals surface area contributed by atoms with E-state index in [0.29, 0.717) is 12.1 Å². The first-order chi connectivity index (χ1) is 9.56. The third-order valence-corrected chi connectivity index (χ3v) is 4.83. The summed E-state index contributed by atoms with van der Waals surface area (Å²) in [5, 5.41) is 5.65. The second-order valence-electron chi connectivity index (χ2n) is 6.32. The molecule has 1 fully saturated rings. The molecule has 1 N–H and O–H groups in total. The highest BCUT2D eigenvalue weighted by Crippen LogP contribution is 2.32. The van der Waals surface area contributed by atoms with Gasteiger partial charge in [0.2, 0.25) is 0 Å². The normalized spacial score (nSPS) is 23.4. The van der Waals surface area contributed by atoms with Crippen molar-refractivity contribution in [2.24, 2.45) is 5.92 Å². The van der Waals surface area contributed by atoms with E-state index in [0.717, 1.165) is 24.0 Å². The summed E-state index contributed by atoms with van der Waals surface area (Å²) in [6, 6.07) is 1.08. The summed E-state index contributed by atoms with van der Waals surface area (Å²) in [5.74, 6) is 1.94. The molecule has 0 aliphatic carbocycles. The highest BCUT2D eigenvalue weighted by Gasteiger charge is 2.30. The summed E-state index contributed by atoms with van der Waals surface area (Å²) >= 11 is 1.71. The minimum absolute atomic E-state index is 0.488. The van der Waals surface area contributed by atoms with Crippen LogP contribution in [0.25, 0.3) is 4.96 Å². The van der Waals surface area contributed by atoms with Gasteiger partial charge in [0.15, 0.2) is 10.8 Å². The third-order valence-electron chi connectivity index (χ3n) is 4.07. The van der Waals surface area contributed by atoms with Crippen molar-refractivity contribution in [3.8, 4) is 0 Å². The van der Waals surface area contributed by atoms with Gasteiger partial charge in [0, 0.05) is 36.8 Å². The van der Waals surface area contributed by atoms with Crippen LogP contribution in [0.15, 0.2) is 11.6 Å². The number of fused-ring (bicyclic) bond motifs is 1. The van der Waals surface area contributed by atoms with Gasteiger partial charge >= 0.3 is 0 Å². The Hall–Kier alpha value is -1.07. The van der Waals surface area contributed by atoms with E-state index in [1.165, 1.54) is 17.9 Å². The first-order valence-electron chi connectivity index (χ1n) is 7.50. The fourth-order valence-electron chi connectivity index (χ4n) is 3.11. The zero-order valence-electron chi connectivity index (χ0n) is 12.8. The van der Waals surface area contributed by atoms with Gasteiger partial charge in [-0.15, -0.1) is 11.3 Å². The van der Waals surface area contributed by atoms with Crippen LogP contribution < -0.4 is 10.2 Å². The molecule has 1 aliphatic heterocycles. The van der Waals surface area contributed by atoms with Crippen molar-refractivity contribution in [2.75, 3.05) is 11.4 Å². The van der Waals surface area contributed by atoms with Crippen molar-refractivity contribution in [1.29, 1.82) is 0 Å². The Morgan fingerprint density at radius 2 is 2.25 bits per heavy atom. The zero-order valence-corrected chi connectivity index (χ0v) is 13.6. The predicted molar refractivity (Wildman–Crippen MR) is 85.6 cm³/mol. The van der Waals surface area contributed by atoms with Crippen LogP contribution in [0.4, 0.5) is 5.82 Å². The van der Waals surface area contributed by atoms with Crippen LogP contribution in [0.3, 0.4) is 0 Å². The Labute approximate surface area is 124 Å². The van der Waals surface area contributed by atoms with Gasteiger partial charge in [-0.25, -0.2) is 4.98 Å². The smallest absolute Gasteiger partial charge is 0.195 e. The molecule has 2 atom stereocenters. The van der Waals surface area contributed by atoms with E-state index in [1.807, 2.05) is 0 Å². The average molecular weight is 292 g/mol. The summed E-state index contributed by atoms with van der Waals surface area (Å²) in [6.45, 7) is 11.0. The molecule has 2 aromatic heterocycles. The highest BCUT2D eigenvalue weighted by molar-refractivity contribution is 7.15. The Balaban J connectivity index is 1.96. The summed E-state index contributed by atoms with van der Waals surface area (Å²) in [6.07, 6.45) is 3.40. The maximum atomic E-state index is 4.88. The SMILES string of the molecule is CC1CC(C)N(c2nc3sccn3c2CNC(C)C)C1. The minimum atomic E-state index is 0.488. The predicted octanol–water partition coefficient (Wildman–Crippen LogP) is 3.13. The number of aromatic nitrogens is 2. The van der Waals surface area contributed by atoms with Crippen LogP contribution >= 0.6 is 11.3 Å². The van der Waals surface area contributed by atoms with Crippen LogP contribution in [0.2, 0.25) is 0 Å². The van der Waals surface area contributed by atoms with E-state index in [1.54, 1.807) is 11.3 Å². The molecule has 0 saturated carbocycles. The second-order valence-corrected chi connectivity index (χ2v) is 7.19. The van der Waals surface area contributed by atoms with Gasteiger partial charge in [0.05, 0.1) is 5.69 Å². The molecule has 0 aromatic carbocycles. The summed E-state index contributed by atoms with van der Waals surface area (Å²) in [4.78, 5) is 8.48. The van der Waals surface area contributed by atoms with Crippen molar-refractivity contribution in [1.82, 2.24) is 14.7 Å².